The van der Waals surface area contributed by atoms with E-state index in [1.165, 1.54) is 0 Å². The van der Waals surface area contributed by atoms with E-state index in [1.807, 2.05) is 54.8 Å². The average Bonchev–Trinajstić information content (AvgIpc) is 3.08. The minimum Gasteiger partial charge on any atom is -0.486 e. The van der Waals surface area contributed by atoms with Crippen molar-refractivity contribution < 1.29 is 14.3 Å². The molecular formula is C20H18N2O3S. The van der Waals surface area contributed by atoms with E-state index in [1.54, 1.807) is 11.3 Å². The summed E-state index contributed by atoms with van der Waals surface area (Å²) in [6.45, 7) is 3.07. The van der Waals surface area contributed by atoms with Gasteiger partial charge in [-0.1, -0.05) is 18.2 Å². The number of benzene rings is 2. The molecule has 0 aliphatic carbocycles. The Labute approximate surface area is 155 Å². The minimum atomic E-state index is -0.0757. The monoisotopic (exact) mass is 366 g/mol. The Balaban J connectivity index is 1.45. The molecule has 0 saturated heterocycles. The summed E-state index contributed by atoms with van der Waals surface area (Å²) in [6.07, 6.45) is 0.274. The molecule has 5 nitrogen and oxygen atoms in total. The molecule has 2 aromatic carbocycles. The Bertz CT molecular complexity index is 952. The van der Waals surface area contributed by atoms with Crippen molar-refractivity contribution in [1.29, 1.82) is 0 Å². The summed E-state index contributed by atoms with van der Waals surface area (Å²) in [7, 11) is 0. The zero-order chi connectivity index (χ0) is 17.9. The fraction of sp³-hybridized carbons (Fsp3) is 0.200. The number of thiazole rings is 1. The lowest BCUT2D eigenvalue weighted by molar-refractivity contribution is -0.115. The number of rotatable bonds is 4. The SMILES string of the molecule is Cc1nc(-c2cccc(NC(=O)Cc3ccc4c(c3)OCCO4)c2)cs1. The van der Waals surface area contributed by atoms with Crippen molar-refractivity contribution in [2.45, 2.75) is 13.3 Å². The second kappa shape index (κ2) is 7.17. The number of nitrogens with one attached hydrogen (secondary N) is 1. The maximum Gasteiger partial charge on any atom is 0.228 e. The molecular weight excluding hydrogens is 348 g/mol. The second-order valence-corrected chi connectivity index (χ2v) is 7.10. The van der Waals surface area contributed by atoms with Gasteiger partial charge in [-0.15, -0.1) is 11.3 Å². The topological polar surface area (TPSA) is 60.5 Å². The lowest BCUT2D eigenvalue weighted by atomic mass is 10.1. The zero-order valence-corrected chi connectivity index (χ0v) is 15.1. The number of carbonyl (C=O) groups excluding carboxylic acids is 1. The van der Waals surface area contributed by atoms with Gasteiger partial charge in [-0.3, -0.25) is 4.79 Å². The molecule has 4 rings (SSSR count). The van der Waals surface area contributed by atoms with E-state index in [9.17, 15) is 4.79 Å². The molecule has 1 aliphatic heterocycles. The minimum absolute atomic E-state index is 0.0757. The molecule has 1 amide bonds. The third-order valence-corrected chi connectivity index (χ3v) is 4.81. The van der Waals surface area contributed by atoms with E-state index in [0.717, 1.165) is 33.3 Å². The predicted octanol–water partition coefficient (Wildman–Crippen LogP) is 4.07. The van der Waals surface area contributed by atoms with E-state index < -0.39 is 0 Å². The fourth-order valence-corrected chi connectivity index (χ4v) is 3.46. The summed E-state index contributed by atoms with van der Waals surface area (Å²) in [5, 5.41) is 5.99. The van der Waals surface area contributed by atoms with Crippen LogP contribution in [0.25, 0.3) is 11.3 Å². The van der Waals surface area contributed by atoms with Crippen LogP contribution in [0.3, 0.4) is 0 Å². The van der Waals surface area contributed by atoms with Crippen molar-refractivity contribution in [3.05, 3.63) is 58.4 Å². The Morgan fingerprint density at radius 3 is 2.81 bits per heavy atom. The Hall–Kier alpha value is -2.86. The molecule has 0 spiro atoms. The van der Waals surface area contributed by atoms with Crippen LogP contribution >= 0.6 is 11.3 Å². The van der Waals surface area contributed by atoms with Crippen molar-refractivity contribution in [2.75, 3.05) is 18.5 Å². The Kier molecular flexibility index (Phi) is 4.58. The molecule has 0 unspecified atom stereocenters. The van der Waals surface area contributed by atoms with Crippen LogP contribution in [0.1, 0.15) is 10.6 Å². The average molecular weight is 366 g/mol. The van der Waals surface area contributed by atoms with E-state index in [4.69, 9.17) is 9.47 Å². The number of carbonyl (C=O) groups is 1. The number of hydrogen-bond donors (Lipinski definition) is 1. The van der Waals surface area contributed by atoms with Crippen LogP contribution in [0.4, 0.5) is 5.69 Å². The predicted molar refractivity (Wildman–Crippen MR) is 102 cm³/mol. The first-order chi connectivity index (χ1) is 12.7. The summed E-state index contributed by atoms with van der Waals surface area (Å²) < 4.78 is 11.1. The third kappa shape index (κ3) is 3.70. The molecule has 0 saturated carbocycles. The van der Waals surface area contributed by atoms with Crippen LogP contribution in [0.15, 0.2) is 47.8 Å². The summed E-state index contributed by atoms with van der Waals surface area (Å²) in [5.41, 5.74) is 3.57. The number of anilines is 1. The van der Waals surface area contributed by atoms with Crippen molar-refractivity contribution in [2.24, 2.45) is 0 Å². The van der Waals surface area contributed by atoms with Crippen LogP contribution in [0.5, 0.6) is 11.5 Å². The summed E-state index contributed by atoms with van der Waals surface area (Å²) in [4.78, 5) is 16.9. The van der Waals surface area contributed by atoms with Gasteiger partial charge in [0.25, 0.3) is 0 Å². The number of aryl methyl sites for hydroxylation is 1. The van der Waals surface area contributed by atoms with Gasteiger partial charge >= 0.3 is 0 Å². The van der Waals surface area contributed by atoms with Crippen LogP contribution in [0, 0.1) is 6.92 Å². The van der Waals surface area contributed by atoms with Crippen LogP contribution in [0.2, 0.25) is 0 Å². The number of fused-ring (bicyclic) bond motifs is 1. The van der Waals surface area contributed by atoms with Gasteiger partial charge in [0.2, 0.25) is 5.91 Å². The maximum absolute atomic E-state index is 12.4. The van der Waals surface area contributed by atoms with Gasteiger partial charge in [-0.2, -0.15) is 0 Å². The highest BCUT2D eigenvalue weighted by Crippen LogP contribution is 2.31. The van der Waals surface area contributed by atoms with Crippen LogP contribution in [-0.4, -0.2) is 24.1 Å². The first-order valence-electron chi connectivity index (χ1n) is 8.38. The molecule has 0 radical (unpaired) electrons. The van der Waals surface area contributed by atoms with Gasteiger partial charge in [0.15, 0.2) is 11.5 Å². The summed E-state index contributed by atoms with van der Waals surface area (Å²) >= 11 is 1.61. The lowest BCUT2D eigenvalue weighted by Crippen LogP contribution is -2.17. The molecule has 0 atom stereocenters. The number of ether oxygens (including phenoxy) is 2. The Morgan fingerprint density at radius 1 is 1.15 bits per heavy atom. The maximum atomic E-state index is 12.4. The number of amides is 1. The van der Waals surface area contributed by atoms with Gasteiger partial charge in [-0.25, -0.2) is 4.98 Å². The highest BCUT2D eigenvalue weighted by molar-refractivity contribution is 7.09. The van der Waals surface area contributed by atoms with Crippen LogP contribution < -0.4 is 14.8 Å². The molecule has 1 aromatic heterocycles. The largest absolute Gasteiger partial charge is 0.486 e. The molecule has 1 N–H and O–H groups in total. The van der Waals surface area contributed by atoms with E-state index >= 15 is 0 Å². The third-order valence-electron chi connectivity index (χ3n) is 4.03. The molecule has 6 heteroatoms. The van der Waals surface area contributed by atoms with E-state index in [-0.39, 0.29) is 12.3 Å². The Morgan fingerprint density at radius 2 is 2.00 bits per heavy atom. The van der Waals surface area contributed by atoms with Gasteiger partial charge in [-0.05, 0) is 36.8 Å². The van der Waals surface area contributed by atoms with Crippen molar-refractivity contribution in [3.63, 3.8) is 0 Å². The highest BCUT2D eigenvalue weighted by Gasteiger charge is 2.13. The van der Waals surface area contributed by atoms with E-state index in [2.05, 4.69) is 10.3 Å². The number of aromatic nitrogens is 1. The second-order valence-electron chi connectivity index (χ2n) is 6.04. The quantitative estimate of drug-likeness (QED) is 0.756. The fourth-order valence-electron chi connectivity index (χ4n) is 2.84. The molecule has 0 fully saturated rings. The molecule has 1 aliphatic rings. The van der Waals surface area contributed by atoms with Crippen molar-refractivity contribution in [3.8, 4) is 22.8 Å². The van der Waals surface area contributed by atoms with Gasteiger partial charge in [0.1, 0.15) is 13.2 Å². The first kappa shape index (κ1) is 16.6. The van der Waals surface area contributed by atoms with Gasteiger partial charge < -0.3 is 14.8 Å². The molecule has 2 heterocycles. The summed E-state index contributed by atoms with van der Waals surface area (Å²) in [5.74, 6) is 1.35. The smallest absolute Gasteiger partial charge is 0.228 e. The molecule has 3 aromatic rings. The van der Waals surface area contributed by atoms with Crippen LogP contribution in [-0.2, 0) is 11.2 Å². The van der Waals surface area contributed by atoms with E-state index in [0.29, 0.717) is 19.0 Å². The normalized spacial score (nSPS) is 12.7. The van der Waals surface area contributed by atoms with Crippen molar-refractivity contribution in [1.82, 2.24) is 4.98 Å². The molecule has 0 bridgehead atoms. The zero-order valence-electron chi connectivity index (χ0n) is 14.3. The number of nitrogens with zero attached hydrogens (tertiary/aromatic N) is 1. The summed E-state index contributed by atoms with van der Waals surface area (Å²) in [6, 6.07) is 13.3. The molecule has 26 heavy (non-hydrogen) atoms. The highest BCUT2D eigenvalue weighted by atomic mass is 32.1. The number of hydrogen-bond acceptors (Lipinski definition) is 5. The van der Waals surface area contributed by atoms with Gasteiger partial charge in [0.05, 0.1) is 17.1 Å². The first-order valence-corrected chi connectivity index (χ1v) is 9.26. The van der Waals surface area contributed by atoms with Gasteiger partial charge in [0, 0.05) is 16.6 Å². The lowest BCUT2D eigenvalue weighted by Gasteiger charge is -2.18. The standard InChI is InChI=1S/C20H18N2O3S/c1-13-21-17(12-26-13)15-3-2-4-16(11-15)22-20(23)10-14-5-6-18-19(9-14)25-8-7-24-18/h2-6,9,11-12H,7-8,10H2,1H3,(H,22,23). The van der Waals surface area contributed by atoms with Crippen molar-refractivity contribution >= 4 is 22.9 Å². The molecule has 132 valence electrons.